The lowest BCUT2D eigenvalue weighted by Gasteiger charge is -2.17. The monoisotopic (exact) mass is 322 g/mol. The molecule has 24 heavy (non-hydrogen) atoms. The molecule has 0 aromatic heterocycles. The summed E-state index contributed by atoms with van der Waals surface area (Å²) in [6.45, 7) is 6.11. The number of rotatable bonds is 6. The Bertz CT molecular complexity index is 713. The fourth-order valence-corrected chi connectivity index (χ4v) is 2.09. The smallest absolute Gasteiger partial charge is 0.258 e. The Hall–Kier alpha value is -2.80. The Balaban J connectivity index is 1.92. The first-order valence-electron chi connectivity index (χ1n) is 8.02. The molecule has 0 bridgehead atoms. The molecule has 0 aliphatic carbocycles. The largest absolute Gasteiger partial charge is 0.484 e. The standard InChI is InChI=1S/C20H22N2O2/c1-14(2)15(3)22-20(23)13-24-19-10-8-18(9-11-19)17-6-4-16(12-21)5-7-17/h4-11,14-15H,13H2,1-3H3,(H,22,23)/t15-/m0/s1. The highest BCUT2D eigenvalue weighted by Crippen LogP contribution is 2.22. The Morgan fingerprint density at radius 3 is 2.08 bits per heavy atom. The number of hydrogen-bond donors (Lipinski definition) is 1. The van der Waals surface area contributed by atoms with Crippen LogP contribution in [-0.4, -0.2) is 18.6 Å². The number of carbonyl (C=O) groups is 1. The van der Waals surface area contributed by atoms with Gasteiger partial charge in [0.25, 0.3) is 5.91 Å². The minimum Gasteiger partial charge on any atom is -0.484 e. The first-order valence-corrected chi connectivity index (χ1v) is 8.02. The molecule has 0 heterocycles. The van der Waals surface area contributed by atoms with Gasteiger partial charge in [-0.1, -0.05) is 38.1 Å². The molecule has 2 aromatic rings. The van der Waals surface area contributed by atoms with Crippen LogP contribution in [0, 0.1) is 17.2 Å². The van der Waals surface area contributed by atoms with E-state index in [0.717, 1.165) is 11.1 Å². The molecule has 0 saturated carbocycles. The van der Waals surface area contributed by atoms with Crippen molar-refractivity contribution < 1.29 is 9.53 Å². The summed E-state index contributed by atoms with van der Waals surface area (Å²) in [5.41, 5.74) is 2.70. The fraction of sp³-hybridized carbons (Fsp3) is 0.300. The van der Waals surface area contributed by atoms with Gasteiger partial charge in [0.1, 0.15) is 5.75 Å². The van der Waals surface area contributed by atoms with E-state index in [1.54, 1.807) is 12.1 Å². The van der Waals surface area contributed by atoms with Crippen LogP contribution in [0.5, 0.6) is 5.75 Å². The number of benzene rings is 2. The minimum absolute atomic E-state index is 0.00722. The van der Waals surface area contributed by atoms with Crippen LogP contribution in [0.25, 0.3) is 11.1 Å². The van der Waals surface area contributed by atoms with Crippen LogP contribution in [0.15, 0.2) is 48.5 Å². The van der Waals surface area contributed by atoms with Crippen molar-refractivity contribution in [3.8, 4) is 22.9 Å². The predicted molar refractivity (Wildman–Crippen MR) is 94.5 cm³/mol. The third-order valence-corrected chi connectivity index (χ3v) is 3.96. The number of hydrogen-bond acceptors (Lipinski definition) is 3. The molecule has 1 amide bonds. The van der Waals surface area contributed by atoms with Gasteiger partial charge >= 0.3 is 0 Å². The Morgan fingerprint density at radius 2 is 1.58 bits per heavy atom. The molecular formula is C20H22N2O2. The molecule has 4 heteroatoms. The van der Waals surface area contributed by atoms with Crippen LogP contribution in [-0.2, 0) is 4.79 Å². The summed E-state index contributed by atoms with van der Waals surface area (Å²) < 4.78 is 5.52. The van der Waals surface area contributed by atoms with Crippen molar-refractivity contribution in [3.63, 3.8) is 0 Å². The highest BCUT2D eigenvalue weighted by atomic mass is 16.5. The Morgan fingerprint density at radius 1 is 1.04 bits per heavy atom. The van der Waals surface area contributed by atoms with Crippen molar-refractivity contribution in [2.24, 2.45) is 5.92 Å². The van der Waals surface area contributed by atoms with Crippen LogP contribution < -0.4 is 10.1 Å². The maximum atomic E-state index is 11.8. The highest BCUT2D eigenvalue weighted by molar-refractivity contribution is 5.77. The average molecular weight is 322 g/mol. The van der Waals surface area contributed by atoms with Gasteiger partial charge in [-0.05, 0) is 48.2 Å². The summed E-state index contributed by atoms with van der Waals surface area (Å²) in [7, 11) is 0. The van der Waals surface area contributed by atoms with E-state index < -0.39 is 0 Å². The minimum atomic E-state index is -0.118. The van der Waals surface area contributed by atoms with E-state index in [1.165, 1.54) is 0 Å². The van der Waals surface area contributed by atoms with Crippen LogP contribution in [0.2, 0.25) is 0 Å². The van der Waals surface area contributed by atoms with Crippen LogP contribution in [0.4, 0.5) is 0 Å². The van der Waals surface area contributed by atoms with Crippen LogP contribution >= 0.6 is 0 Å². The van der Waals surface area contributed by atoms with Crippen molar-refractivity contribution >= 4 is 5.91 Å². The Kier molecular flexibility index (Phi) is 5.97. The summed E-state index contributed by atoms with van der Waals surface area (Å²) in [6, 6.07) is 17.2. The van der Waals surface area contributed by atoms with Gasteiger partial charge in [-0.15, -0.1) is 0 Å². The lowest BCUT2D eigenvalue weighted by Crippen LogP contribution is -2.38. The van der Waals surface area contributed by atoms with Crippen molar-refractivity contribution in [2.75, 3.05) is 6.61 Å². The van der Waals surface area contributed by atoms with E-state index in [1.807, 2.05) is 43.3 Å². The van der Waals surface area contributed by atoms with Crippen molar-refractivity contribution in [3.05, 3.63) is 54.1 Å². The fourth-order valence-electron chi connectivity index (χ4n) is 2.09. The van der Waals surface area contributed by atoms with Crippen molar-refractivity contribution in [2.45, 2.75) is 26.8 Å². The summed E-state index contributed by atoms with van der Waals surface area (Å²) in [5, 5.41) is 11.7. The predicted octanol–water partition coefficient (Wildman–Crippen LogP) is 3.76. The molecule has 0 aliphatic rings. The molecule has 2 aromatic carbocycles. The first-order chi connectivity index (χ1) is 11.5. The molecule has 4 nitrogen and oxygen atoms in total. The zero-order valence-electron chi connectivity index (χ0n) is 14.2. The second-order valence-electron chi connectivity index (χ2n) is 6.10. The molecule has 0 saturated heterocycles. The molecule has 0 fully saturated rings. The van der Waals surface area contributed by atoms with Gasteiger partial charge in [-0.25, -0.2) is 0 Å². The molecule has 1 atom stereocenters. The number of nitrogens with one attached hydrogen (secondary N) is 1. The third kappa shape index (κ3) is 4.85. The van der Waals surface area contributed by atoms with Gasteiger partial charge in [0.2, 0.25) is 0 Å². The van der Waals surface area contributed by atoms with E-state index in [-0.39, 0.29) is 18.6 Å². The molecule has 1 N–H and O–H groups in total. The third-order valence-electron chi connectivity index (χ3n) is 3.96. The van der Waals surface area contributed by atoms with E-state index in [9.17, 15) is 4.79 Å². The van der Waals surface area contributed by atoms with Crippen molar-refractivity contribution in [1.29, 1.82) is 5.26 Å². The summed E-state index contributed by atoms with van der Waals surface area (Å²) in [6.07, 6.45) is 0. The van der Waals surface area contributed by atoms with Gasteiger partial charge in [-0.3, -0.25) is 4.79 Å². The average Bonchev–Trinajstić information content (AvgIpc) is 2.60. The SMILES string of the molecule is CC(C)[C@H](C)NC(=O)COc1ccc(-c2ccc(C#N)cc2)cc1. The van der Waals surface area contributed by atoms with E-state index in [2.05, 4.69) is 25.2 Å². The Labute approximate surface area is 143 Å². The van der Waals surface area contributed by atoms with Gasteiger partial charge in [0.05, 0.1) is 11.6 Å². The second kappa shape index (κ2) is 8.16. The topological polar surface area (TPSA) is 62.1 Å². The molecule has 2 rings (SSSR count). The van der Waals surface area contributed by atoms with Gasteiger partial charge < -0.3 is 10.1 Å². The zero-order valence-corrected chi connectivity index (χ0v) is 14.2. The normalized spacial score (nSPS) is 11.6. The van der Waals surface area contributed by atoms with E-state index in [0.29, 0.717) is 17.2 Å². The number of amides is 1. The summed E-state index contributed by atoms with van der Waals surface area (Å²) in [5.74, 6) is 0.924. The number of carbonyl (C=O) groups excluding carboxylic acids is 1. The molecule has 0 aliphatic heterocycles. The highest BCUT2D eigenvalue weighted by Gasteiger charge is 2.11. The molecule has 0 radical (unpaired) electrons. The maximum Gasteiger partial charge on any atom is 0.258 e. The summed E-state index contributed by atoms with van der Waals surface area (Å²) >= 11 is 0. The zero-order chi connectivity index (χ0) is 17.5. The number of ether oxygens (including phenoxy) is 1. The van der Waals surface area contributed by atoms with Crippen LogP contribution in [0.3, 0.4) is 0 Å². The number of nitriles is 1. The van der Waals surface area contributed by atoms with Gasteiger partial charge in [0, 0.05) is 6.04 Å². The quantitative estimate of drug-likeness (QED) is 0.880. The first kappa shape index (κ1) is 17.6. The molecule has 0 unspecified atom stereocenters. The molecule has 0 spiro atoms. The summed E-state index contributed by atoms with van der Waals surface area (Å²) in [4.78, 5) is 11.8. The molecule has 124 valence electrons. The maximum absolute atomic E-state index is 11.8. The van der Waals surface area contributed by atoms with Crippen molar-refractivity contribution in [1.82, 2.24) is 5.32 Å². The second-order valence-corrected chi connectivity index (χ2v) is 6.10. The van der Waals surface area contributed by atoms with Crippen LogP contribution in [0.1, 0.15) is 26.3 Å². The lowest BCUT2D eigenvalue weighted by molar-refractivity contribution is -0.124. The van der Waals surface area contributed by atoms with E-state index in [4.69, 9.17) is 10.00 Å². The molecular weight excluding hydrogens is 300 g/mol. The van der Waals surface area contributed by atoms with Gasteiger partial charge in [0.15, 0.2) is 6.61 Å². The van der Waals surface area contributed by atoms with Gasteiger partial charge in [-0.2, -0.15) is 5.26 Å². The lowest BCUT2D eigenvalue weighted by atomic mass is 10.0. The number of nitrogens with zero attached hydrogens (tertiary/aromatic N) is 1. The van der Waals surface area contributed by atoms with E-state index >= 15 is 0 Å².